The van der Waals surface area contributed by atoms with Crippen molar-refractivity contribution in [2.75, 3.05) is 13.6 Å². The Morgan fingerprint density at radius 1 is 1.39 bits per heavy atom. The summed E-state index contributed by atoms with van der Waals surface area (Å²) in [7, 11) is 1.46. The molecule has 1 aromatic carbocycles. The smallest absolute Gasteiger partial charge is 0.323 e. The Kier molecular flexibility index (Phi) is 3.27. The third-order valence-corrected chi connectivity index (χ3v) is 2.63. The first kappa shape index (κ1) is 12.1. The summed E-state index contributed by atoms with van der Waals surface area (Å²) in [5.41, 5.74) is 0.856. The standard InChI is InChI=1S/C12H13N3O3/c1-14(8-12(17)18)11(16)7-15-10-5-3-2-4-9(10)6-13-15/h2-6H,7-8H2,1H3,(H,17,18). The van der Waals surface area contributed by atoms with Gasteiger partial charge in [0.1, 0.15) is 13.1 Å². The molecule has 0 saturated carbocycles. The van der Waals surface area contributed by atoms with Gasteiger partial charge in [-0.1, -0.05) is 18.2 Å². The Morgan fingerprint density at radius 2 is 2.11 bits per heavy atom. The number of hydrogen-bond donors (Lipinski definition) is 1. The number of carbonyl (C=O) groups is 2. The molecule has 0 aliphatic rings. The highest BCUT2D eigenvalue weighted by Crippen LogP contribution is 2.12. The number of likely N-dealkylation sites (N-methyl/N-ethyl adjacent to an activating group) is 1. The van der Waals surface area contributed by atoms with Crippen LogP contribution in [0.4, 0.5) is 0 Å². The topological polar surface area (TPSA) is 75.4 Å². The van der Waals surface area contributed by atoms with E-state index in [1.54, 1.807) is 10.9 Å². The minimum absolute atomic E-state index is 0.0390. The number of hydrogen-bond acceptors (Lipinski definition) is 3. The van der Waals surface area contributed by atoms with Crippen LogP contribution in [0.1, 0.15) is 0 Å². The van der Waals surface area contributed by atoms with Crippen LogP contribution in [0, 0.1) is 0 Å². The number of nitrogens with zero attached hydrogens (tertiary/aromatic N) is 3. The Morgan fingerprint density at radius 3 is 2.83 bits per heavy atom. The van der Waals surface area contributed by atoms with Gasteiger partial charge in [0, 0.05) is 12.4 Å². The molecule has 2 rings (SSSR count). The predicted molar refractivity (Wildman–Crippen MR) is 65.0 cm³/mol. The quantitative estimate of drug-likeness (QED) is 0.857. The van der Waals surface area contributed by atoms with Gasteiger partial charge in [-0.15, -0.1) is 0 Å². The normalized spacial score (nSPS) is 10.5. The molecule has 1 N–H and O–H groups in total. The number of para-hydroxylation sites is 1. The summed E-state index contributed by atoms with van der Waals surface area (Å²) in [6, 6.07) is 7.54. The van der Waals surface area contributed by atoms with Crippen LogP contribution in [0.5, 0.6) is 0 Å². The zero-order valence-electron chi connectivity index (χ0n) is 9.91. The number of amides is 1. The highest BCUT2D eigenvalue weighted by molar-refractivity contribution is 5.83. The van der Waals surface area contributed by atoms with Crippen molar-refractivity contribution in [3.63, 3.8) is 0 Å². The van der Waals surface area contributed by atoms with E-state index >= 15 is 0 Å². The summed E-state index contributed by atoms with van der Waals surface area (Å²) in [6.07, 6.45) is 1.68. The molecule has 1 heterocycles. The molecule has 18 heavy (non-hydrogen) atoms. The SMILES string of the molecule is CN(CC(=O)O)C(=O)Cn1ncc2ccccc21. The first-order valence-corrected chi connectivity index (χ1v) is 5.44. The van der Waals surface area contributed by atoms with Crippen molar-refractivity contribution in [2.45, 2.75) is 6.54 Å². The number of carbonyl (C=O) groups excluding carboxylic acids is 1. The minimum atomic E-state index is -1.03. The molecular formula is C12H13N3O3. The van der Waals surface area contributed by atoms with Gasteiger partial charge in [-0.3, -0.25) is 14.3 Å². The maximum Gasteiger partial charge on any atom is 0.323 e. The van der Waals surface area contributed by atoms with Gasteiger partial charge in [-0.2, -0.15) is 5.10 Å². The molecule has 0 aliphatic carbocycles. The van der Waals surface area contributed by atoms with Gasteiger partial charge in [0.2, 0.25) is 5.91 Å². The fourth-order valence-corrected chi connectivity index (χ4v) is 1.69. The van der Waals surface area contributed by atoms with Crippen molar-refractivity contribution in [1.82, 2.24) is 14.7 Å². The van der Waals surface area contributed by atoms with Crippen LogP contribution in [0.15, 0.2) is 30.5 Å². The lowest BCUT2D eigenvalue weighted by Gasteiger charge is -2.14. The van der Waals surface area contributed by atoms with Gasteiger partial charge < -0.3 is 10.0 Å². The molecule has 6 nitrogen and oxygen atoms in total. The first-order valence-electron chi connectivity index (χ1n) is 5.44. The molecule has 1 amide bonds. The predicted octanol–water partition coefficient (Wildman–Crippen LogP) is 0.579. The number of carboxylic acids is 1. The summed E-state index contributed by atoms with van der Waals surface area (Å²) < 4.78 is 1.57. The third-order valence-electron chi connectivity index (χ3n) is 2.63. The molecule has 0 fully saturated rings. The molecule has 0 aliphatic heterocycles. The Bertz CT molecular complexity index is 591. The van der Waals surface area contributed by atoms with Crippen LogP contribution in [-0.4, -0.2) is 45.3 Å². The number of fused-ring (bicyclic) bond motifs is 1. The molecule has 1 aromatic heterocycles. The van der Waals surface area contributed by atoms with E-state index in [-0.39, 0.29) is 19.0 Å². The van der Waals surface area contributed by atoms with E-state index in [4.69, 9.17) is 5.11 Å². The van der Waals surface area contributed by atoms with Crippen LogP contribution in [-0.2, 0) is 16.1 Å². The zero-order valence-corrected chi connectivity index (χ0v) is 9.91. The van der Waals surface area contributed by atoms with Crippen LogP contribution in [0.2, 0.25) is 0 Å². The van der Waals surface area contributed by atoms with E-state index in [0.29, 0.717) is 0 Å². The summed E-state index contributed by atoms with van der Waals surface area (Å²) in [5, 5.41) is 13.7. The molecule has 0 radical (unpaired) electrons. The highest BCUT2D eigenvalue weighted by Gasteiger charge is 2.14. The summed E-state index contributed by atoms with van der Waals surface area (Å²) in [4.78, 5) is 23.5. The minimum Gasteiger partial charge on any atom is -0.480 e. The maximum absolute atomic E-state index is 11.8. The van der Waals surface area contributed by atoms with E-state index in [1.165, 1.54) is 11.9 Å². The molecule has 0 bridgehead atoms. The van der Waals surface area contributed by atoms with Gasteiger partial charge in [0.05, 0.1) is 11.7 Å². The lowest BCUT2D eigenvalue weighted by molar-refractivity contribution is -0.143. The summed E-state index contributed by atoms with van der Waals surface area (Å²) >= 11 is 0. The second kappa shape index (κ2) is 4.87. The molecule has 0 spiro atoms. The van der Waals surface area contributed by atoms with Crippen LogP contribution in [0.3, 0.4) is 0 Å². The molecular weight excluding hydrogens is 234 g/mol. The summed E-state index contributed by atoms with van der Waals surface area (Å²) in [5.74, 6) is -1.32. The van der Waals surface area contributed by atoms with Crippen molar-refractivity contribution in [1.29, 1.82) is 0 Å². The average molecular weight is 247 g/mol. The molecule has 0 atom stereocenters. The van der Waals surface area contributed by atoms with Crippen LogP contribution < -0.4 is 0 Å². The maximum atomic E-state index is 11.8. The van der Waals surface area contributed by atoms with Crippen molar-refractivity contribution in [3.8, 4) is 0 Å². The largest absolute Gasteiger partial charge is 0.480 e. The lowest BCUT2D eigenvalue weighted by atomic mass is 10.2. The molecule has 6 heteroatoms. The van der Waals surface area contributed by atoms with Crippen LogP contribution >= 0.6 is 0 Å². The Balaban J connectivity index is 2.14. The van der Waals surface area contributed by atoms with E-state index in [2.05, 4.69) is 5.10 Å². The molecule has 2 aromatic rings. The number of aliphatic carboxylic acids is 1. The van der Waals surface area contributed by atoms with Crippen molar-refractivity contribution in [3.05, 3.63) is 30.5 Å². The highest BCUT2D eigenvalue weighted by atomic mass is 16.4. The van der Waals surface area contributed by atoms with Crippen LogP contribution in [0.25, 0.3) is 10.9 Å². The van der Waals surface area contributed by atoms with E-state index < -0.39 is 5.97 Å². The third kappa shape index (κ3) is 2.48. The van der Waals surface area contributed by atoms with Gasteiger partial charge in [0.15, 0.2) is 0 Å². The Labute approximate surface area is 103 Å². The number of rotatable bonds is 4. The lowest BCUT2D eigenvalue weighted by Crippen LogP contribution is -2.34. The number of carboxylic acid groups (broad SMARTS) is 1. The second-order valence-corrected chi connectivity index (χ2v) is 4.00. The second-order valence-electron chi connectivity index (χ2n) is 4.00. The van der Waals surface area contributed by atoms with Crippen molar-refractivity contribution >= 4 is 22.8 Å². The van der Waals surface area contributed by atoms with Gasteiger partial charge in [-0.05, 0) is 6.07 Å². The fourth-order valence-electron chi connectivity index (χ4n) is 1.69. The first-order chi connectivity index (χ1) is 8.58. The Hall–Kier alpha value is -2.37. The number of benzene rings is 1. The van der Waals surface area contributed by atoms with E-state index in [0.717, 1.165) is 10.9 Å². The fraction of sp³-hybridized carbons (Fsp3) is 0.250. The monoisotopic (exact) mass is 247 g/mol. The molecule has 0 saturated heterocycles. The van der Waals surface area contributed by atoms with Crippen molar-refractivity contribution in [2.24, 2.45) is 0 Å². The molecule has 0 unspecified atom stereocenters. The average Bonchev–Trinajstić information content (AvgIpc) is 2.72. The van der Waals surface area contributed by atoms with Gasteiger partial charge >= 0.3 is 5.97 Å². The number of aromatic nitrogens is 2. The molecule has 94 valence electrons. The van der Waals surface area contributed by atoms with E-state index in [1.807, 2.05) is 24.3 Å². The van der Waals surface area contributed by atoms with E-state index in [9.17, 15) is 9.59 Å². The van der Waals surface area contributed by atoms with Gasteiger partial charge in [-0.25, -0.2) is 0 Å². The van der Waals surface area contributed by atoms with Crippen molar-refractivity contribution < 1.29 is 14.7 Å². The summed E-state index contributed by atoms with van der Waals surface area (Å²) in [6.45, 7) is -0.269. The van der Waals surface area contributed by atoms with Gasteiger partial charge in [0.25, 0.3) is 0 Å². The zero-order chi connectivity index (χ0) is 13.1.